The van der Waals surface area contributed by atoms with Crippen LogP contribution in [0, 0.1) is 5.82 Å². The van der Waals surface area contributed by atoms with Crippen molar-refractivity contribution in [2.75, 3.05) is 5.32 Å². The fraction of sp³-hybridized carbons (Fsp3) is 0.158. The van der Waals surface area contributed by atoms with Gasteiger partial charge in [-0.25, -0.2) is 4.39 Å². The maximum absolute atomic E-state index is 14.1. The van der Waals surface area contributed by atoms with Gasteiger partial charge in [0.1, 0.15) is 5.82 Å². The van der Waals surface area contributed by atoms with Gasteiger partial charge in [0.15, 0.2) is 0 Å². The van der Waals surface area contributed by atoms with Gasteiger partial charge in [-0.05, 0) is 31.0 Å². The smallest absolute Gasteiger partial charge is 0.235 e. The van der Waals surface area contributed by atoms with Crippen molar-refractivity contribution in [2.24, 2.45) is 0 Å². The zero-order valence-electron chi connectivity index (χ0n) is 12.4. The highest BCUT2D eigenvalue weighted by atomic mass is 19.1. The van der Waals surface area contributed by atoms with Gasteiger partial charge in [-0.2, -0.15) is 0 Å². The van der Waals surface area contributed by atoms with Gasteiger partial charge in [0.2, 0.25) is 5.91 Å². The van der Waals surface area contributed by atoms with Crippen LogP contribution in [0.5, 0.6) is 0 Å². The second-order valence-corrected chi connectivity index (χ2v) is 5.90. The molecule has 1 heterocycles. The molecular formula is C19H15FN2O. The predicted molar refractivity (Wildman–Crippen MR) is 87.7 cm³/mol. The molecule has 0 atom stereocenters. The van der Waals surface area contributed by atoms with Crippen LogP contribution in [0.2, 0.25) is 0 Å². The molecule has 1 aliphatic rings. The second-order valence-electron chi connectivity index (χ2n) is 5.90. The van der Waals surface area contributed by atoms with E-state index < -0.39 is 5.41 Å². The Bertz CT molecular complexity index is 897. The maximum Gasteiger partial charge on any atom is 0.235 e. The van der Waals surface area contributed by atoms with Crippen LogP contribution in [0.25, 0.3) is 10.9 Å². The second kappa shape index (κ2) is 5.16. The summed E-state index contributed by atoms with van der Waals surface area (Å²) in [6.07, 6.45) is 3.03. The maximum atomic E-state index is 14.1. The topological polar surface area (TPSA) is 42.0 Å². The Balaban J connectivity index is 1.69. The number of nitrogens with zero attached hydrogens (tertiary/aromatic N) is 1. The van der Waals surface area contributed by atoms with Gasteiger partial charge < -0.3 is 5.32 Å². The number of halogens is 1. The molecule has 1 aliphatic carbocycles. The first-order valence-corrected chi connectivity index (χ1v) is 7.61. The van der Waals surface area contributed by atoms with Crippen molar-refractivity contribution in [3.8, 4) is 0 Å². The van der Waals surface area contributed by atoms with Gasteiger partial charge in [-0.1, -0.05) is 36.4 Å². The van der Waals surface area contributed by atoms with Crippen LogP contribution in [0.3, 0.4) is 0 Å². The summed E-state index contributed by atoms with van der Waals surface area (Å²) >= 11 is 0. The highest BCUT2D eigenvalue weighted by Gasteiger charge is 2.52. The molecule has 0 radical (unpaired) electrons. The minimum Gasteiger partial charge on any atom is -0.323 e. The van der Waals surface area contributed by atoms with Gasteiger partial charge in [0.05, 0.1) is 16.6 Å². The van der Waals surface area contributed by atoms with Crippen molar-refractivity contribution in [1.29, 1.82) is 0 Å². The molecule has 0 spiro atoms. The van der Waals surface area contributed by atoms with Gasteiger partial charge in [-0.3, -0.25) is 9.78 Å². The number of anilines is 1. The Morgan fingerprint density at radius 3 is 2.61 bits per heavy atom. The van der Waals surface area contributed by atoms with Crippen LogP contribution in [0.4, 0.5) is 10.1 Å². The standard InChI is InChI=1S/C19H15FN2O/c20-15-8-2-1-7-14(15)19(10-11-19)18(23)22-16-9-3-5-13-6-4-12-21-17(13)16/h1-9,12H,10-11H2,(H,22,23). The van der Waals surface area contributed by atoms with Crippen LogP contribution in [-0.2, 0) is 10.2 Å². The minimum absolute atomic E-state index is 0.166. The molecule has 1 saturated carbocycles. The Labute approximate surface area is 133 Å². The van der Waals surface area contributed by atoms with Crippen molar-refractivity contribution in [3.05, 3.63) is 72.2 Å². The largest absolute Gasteiger partial charge is 0.323 e. The Kier molecular flexibility index (Phi) is 3.11. The molecule has 0 unspecified atom stereocenters. The quantitative estimate of drug-likeness (QED) is 0.793. The van der Waals surface area contributed by atoms with E-state index in [-0.39, 0.29) is 11.7 Å². The zero-order valence-corrected chi connectivity index (χ0v) is 12.4. The van der Waals surface area contributed by atoms with E-state index in [0.717, 1.165) is 10.9 Å². The van der Waals surface area contributed by atoms with E-state index in [2.05, 4.69) is 10.3 Å². The van der Waals surface area contributed by atoms with Gasteiger partial charge in [-0.15, -0.1) is 0 Å². The lowest BCUT2D eigenvalue weighted by atomic mass is 9.94. The molecule has 23 heavy (non-hydrogen) atoms. The van der Waals surface area contributed by atoms with Crippen LogP contribution in [0.1, 0.15) is 18.4 Å². The van der Waals surface area contributed by atoms with Gasteiger partial charge in [0, 0.05) is 17.1 Å². The monoisotopic (exact) mass is 306 g/mol. The molecule has 4 rings (SSSR count). The highest BCUT2D eigenvalue weighted by Crippen LogP contribution is 2.50. The van der Waals surface area contributed by atoms with E-state index in [1.807, 2.05) is 30.3 Å². The molecule has 0 bridgehead atoms. The fourth-order valence-corrected chi connectivity index (χ4v) is 3.04. The lowest BCUT2D eigenvalue weighted by molar-refractivity contribution is -0.118. The number of aromatic nitrogens is 1. The van der Waals surface area contributed by atoms with Crippen molar-refractivity contribution in [2.45, 2.75) is 18.3 Å². The molecule has 0 saturated heterocycles. The number of pyridine rings is 1. The molecule has 1 aromatic heterocycles. The Morgan fingerprint density at radius 1 is 1.04 bits per heavy atom. The average molecular weight is 306 g/mol. The number of carbonyl (C=O) groups excluding carboxylic acids is 1. The van der Waals surface area contributed by atoms with Crippen LogP contribution >= 0.6 is 0 Å². The minimum atomic E-state index is -0.748. The molecule has 3 nitrogen and oxygen atoms in total. The van der Waals surface area contributed by atoms with E-state index in [9.17, 15) is 9.18 Å². The number of carbonyl (C=O) groups is 1. The number of amides is 1. The summed E-state index contributed by atoms with van der Waals surface area (Å²) in [4.78, 5) is 17.1. The molecule has 1 N–H and O–H groups in total. The molecule has 3 aromatic rings. The Hall–Kier alpha value is -2.75. The third-order valence-electron chi connectivity index (χ3n) is 4.45. The fourth-order valence-electron chi connectivity index (χ4n) is 3.04. The van der Waals surface area contributed by atoms with E-state index in [0.29, 0.717) is 24.1 Å². The lowest BCUT2D eigenvalue weighted by Gasteiger charge is -2.17. The number of benzene rings is 2. The normalized spacial score (nSPS) is 15.3. The molecule has 114 valence electrons. The van der Waals surface area contributed by atoms with Crippen molar-refractivity contribution in [1.82, 2.24) is 4.98 Å². The first-order valence-electron chi connectivity index (χ1n) is 7.61. The lowest BCUT2D eigenvalue weighted by Crippen LogP contribution is -2.28. The summed E-state index contributed by atoms with van der Waals surface area (Å²) < 4.78 is 14.1. The van der Waals surface area contributed by atoms with Crippen LogP contribution in [-0.4, -0.2) is 10.9 Å². The van der Waals surface area contributed by atoms with Crippen molar-refractivity contribution in [3.63, 3.8) is 0 Å². The SMILES string of the molecule is O=C(Nc1cccc2cccnc12)C1(c2ccccc2F)CC1. The molecule has 4 heteroatoms. The van der Waals surface area contributed by atoms with Gasteiger partial charge in [0.25, 0.3) is 0 Å². The third-order valence-corrected chi connectivity index (χ3v) is 4.45. The average Bonchev–Trinajstić information content (AvgIpc) is 3.37. The first-order chi connectivity index (χ1) is 11.2. The third kappa shape index (κ3) is 2.27. The molecule has 1 fully saturated rings. The summed E-state index contributed by atoms with van der Waals surface area (Å²) in [5.41, 5.74) is 1.14. The zero-order chi connectivity index (χ0) is 15.9. The van der Waals surface area contributed by atoms with E-state index >= 15 is 0 Å². The number of fused-ring (bicyclic) bond motifs is 1. The summed E-state index contributed by atoms with van der Waals surface area (Å²) in [6.45, 7) is 0. The van der Waals surface area contributed by atoms with Crippen molar-refractivity contribution >= 4 is 22.5 Å². The summed E-state index contributed by atoms with van der Waals surface area (Å²) in [5.74, 6) is -0.489. The predicted octanol–water partition coefficient (Wildman–Crippen LogP) is 4.04. The number of hydrogen-bond donors (Lipinski definition) is 1. The molecular weight excluding hydrogens is 291 g/mol. The highest BCUT2D eigenvalue weighted by molar-refractivity contribution is 6.06. The number of hydrogen-bond acceptors (Lipinski definition) is 2. The van der Waals surface area contributed by atoms with Crippen LogP contribution < -0.4 is 5.32 Å². The number of rotatable bonds is 3. The molecule has 2 aromatic carbocycles. The summed E-state index contributed by atoms with van der Waals surface area (Å²) in [6, 6.07) is 16.0. The Morgan fingerprint density at radius 2 is 1.83 bits per heavy atom. The van der Waals surface area contributed by atoms with Gasteiger partial charge >= 0.3 is 0 Å². The van der Waals surface area contributed by atoms with E-state index in [1.54, 1.807) is 24.4 Å². The summed E-state index contributed by atoms with van der Waals surface area (Å²) in [5, 5.41) is 3.90. The van der Waals surface area contributed by atoms with Crippen molar-refractivity contribution < 1.29 is 9.18 Å². The summed E-state index contributed by atoms with van der Waals surface area (Å²) in [7, 11) is 0. The van der Waals surface area contributed by atoms with E-state index in [1.165, 1.54) is 6.07 Å². The first kappa shape index (κ1) is 13.9. The number of nitrogens with one attached hydrogen (secondary N) is 1. The van der Waals surface area contributed by atoms with Crippen LogP contribution in [0.15, 0.2) is 60.8 Å². The van der Waals surface area contributed by atoms with E-state index in [4.69, 9.17) is 0 Å². The molecule has 0 aliphatic heterocycles. The number of para-hydroxylation sites is 1. The molecule has 1 amide bonds.